The second-order valence-corrected chi connectivity index (χ2v) is 5.56. The summed E-state index contributed by atoms with van der Waals surface area (Å²) < 4.78 is 19.0. The second kappa shape index (κ2) is 6.34. The highest BCUT2D eigenvalue weighted by atomic mass is 19.1. The number of hydrogen-bond acceptors (Lipinski definition) is 3. The summed E-state index contributed by atoms with van der Waals surface area (Å²) in [4.78, 5) is 29.0. The van der Waals surface area contributed by atoms with Crippen LogP contribution < -0.4 is 5.43 Å². The predicted octanol–water partition coefficient (Wildman–Crippen LogP) is 2.04. The Morgan fingerprint density at radius 2 is 2.22 bits per heavy atom. The minimum Gasteiger partial charge on any atom is -0.370 e. The van der Waals surface area contributed by atoms with E-state index in [9.17, 15) is 14.0 Å². The summed E-state index contributed by atoms with van der Waals surface area (Å²) in [7, 11) is 0. The molecule has 3 rings (SSSR count). The first kappa shape index (κ1) is 15.4. The number of aromatic nitrogens is 1. The molecule has 120 valence electrons. The zero-order valence-corrected chi connectivity index (χ0v) is 12.7. The van der Waals surface area contributed by atoms with E-state index in [1.165, 1.54) is 24.4 Å². The third kappa shape index (κ3) is 3.32. The lowest BCUT2D eigenvalue weighted by atomic mass is 10.1. The number of aromatic amines is 1. The number of amides is 1. The molecular weight excluding hydrogens is 299 g/mol. The minimum atomic E-state index is -0.395. The van der Waals surface area contributed by atoms with Crippen molar-refractivity contribution in [2.24, 2.45) is 0 Å². The van der Waals surface area contributed by atoms with Crippen LogP contribution in [-0.4, -0.2) is 35.5 Å². The molecule has 1 amide bonds. The van der Waals surface area contributed by atoms with Crippen molar-refractivity contribution in [3.8, 4) is 0 Å². The van der Waals surface area contributed by atoms with Crippen LogP contribution in [-0.2, 0) is 4.74 Å². The van der Waals surface area contributed by atoms with Crippen LogP contribution in [0.5, 0.6) is 0 Å². The van der Waals surface area contributed by atoms with Crippen molar-refractivity contribution < 1.29 is 13.9 Å². The fourth-order valence-corrected chi connectivity index (χ4v) is 2.65. The van der Waals surface area contributed by atoms with Crippen molar-refractivity contribution in [2.75, 3.05) is 19.7 Å². The van der Waals surface area contributed by atoms with E-state index >= 15 is 0 Å². The number of pyridine rings is 1. The molecule has 2 heterocycles. The van der Waals surface area contributed by atoms with Crippen LogP contribution in [0.1, 0.15) is 27.7 Å². The van der Waals surface area contributed by atoms with E-state index in [4.69, 9.17) is 4.74 Å². The van der Waals surface area contributed by atoms with Gasteiger partial charge in [0, 0.05) is 24.5 Å². The number of nitrogens with one attached hydrogen (secondary N) is 1. The van der Waals surface area contributed by atoms with E-state index in [-0.39, 0.29) is 29.3 Å². The van der Waals surface area contributed by atoms with E-state index in [2.05, 4.69) is 4.98 Å². The van der Waals surface area contributed by atoms with Gasteiger partial charge in [-0.1, -0.05) is 12.1 Å². The monoisotopic (exact) mass is 316 g/mol. The maximum atomic E-state index is 13.4. The zero-order valence-electron chi connectivity index (χ0n) is 12.7. The van der Waals surface area contributed by atoms with Crippen molar-refractivity contribution in [1.82, 2.24) is 9.88 Å². The Labute approximate surface area is 132 Å². The molecule has 23 heavy (non-hydrogen) atoms. The quantitative estimate of drug-likeness (QED) is 0.922. The number of ether oxygens (including phenoxy) is 1. The van der Waals surface area contributed by atoms with Gasteiger partial charge in [0.05, 0.1) is 13.2 Å². The summed E-state index contributed by atoms with van der Waals surface area (Å²) in [6, 6.07) is 7.54. The molecule has 1 aliphatic heterocycles. The van der Waals surface area contributed by atoms with E-state index < -0.39 is 6.10 Å². The van der Waals surface area contributed by atoms with Gasteiger partial charge in [-0.15, -0.1) is 0 Å². The van der Waals surface area contributed by atoms with Gasteiger partial charge in [-0.2, -0.15) is 0 Å². The number of H-pyrrole nitrogens is 1. The number of morpholine rings is 1. The fourth-order valence-electron chi connectivity index (χ4n) is 2.65. The Morgan fingerprint density at radius 3 is 2.96 bits per heavy atom. The highest BCUT2D eigenvalue weighted by Gasteiger charge is 2.27. The molecule has 0 aliphatic carbocycles. The molecule has 1 N–H and O–H groups in total. The van der Waals surface area contributed by atoms with Crippen LogP contribution in [0, 0.1) is 12.7 Å². The first-order chi connectivity index (χ1) is 11.0. The standard InChI is InChI=1S/C17H17FN2O3/c1-11-7-15(21)14(9-19-11)17(22)20-5-6-23-16(10-20)12-3-2-4-13(18)8-12/h2-4,7-9,16H,5-6,10H2,1H3,(H,19,21)/t16-/m1/s1. The summed E-state index contributed by atoms with van der Waals surface area (Å²) in [5.74, 6) is -0.680. The van der Waals surface area contributed by atoms with E-state index in [1.54, 1.807) is 24.0 Å². The van der Waals surface area contributed by atoms with Crippen LogP contribution in [0.2, 0.25) is 0 Å². The van der Waals surface area contributed by atoms with Crippen molar-refractivity contribution >= 4 is 5.91 Å². The SMILES string of the molecule is Cc1cc(=O)c(C(=O)N2CCO[C@@H](c3cccc(F)c3)C2)c[nH]1. The Hall–Kier alpha value is -2.47. The number of carbonyl (C=O) groups is 1. The third-order valence-corrected chi connectivity index (χ3v) is 3.86. The average Bonchev–Trinajstić information content (AvgIpc) is 2.54. The van der Waals surface area contributed by atoms with E-state index in [0.29, 0.717) is 24.4 Å². The van der Waals surface area contributed by atoms with Crippen LogP contribution in [0.3, 0.4) is 0 Å². The number of rotatable bonds is 2. The summed E-state index contributed by atoms with van der Waals surface area (Å²) in [5.41, 5.74) is 1.18. The van der Waals surface area contributed by atoms with Gasteiger partial charge in [-0.25, -0.2) is 4.39 Å². The van der Waals surface area contributed by atoms with Gasteiger partial charge in [-0.3, -0.25) is 9.59 Å². The van der Waals surface area contributed by atoms with E-state index in [0.717, 1.165) is 0 Å². The fraction of sp³-hybridized carbons (Fsp3) is 0.294. The first-order valence-corrected chi connectivity index (χ1v) is 7.40. The third-order valence-electron chi connectivity index (χ3n) is 3.86. The lowest BCUT2D eigenvalue weighted by molar-refractivity contribution is -0.0229. The topological polar surface area (TPSA) is 62.4 Å². The number of hydrogen-bond donors (Lipinski definition) is 1. The highest BCUT2D eigenvalue weighted by Crippen LogP contribution is 2.23. The maximum Gasteiger partial charge on any atom is 0.259 e. The van der Waals surface area contributed by atoms with Crippen molar-refractivity contribution in [1.29, 1.82) is 0 Å². The number of nitrogens with zero attached hydrogens (tertiary/aromatic N) is 1. The first-order valence-electron chi connectivity index (χ1n) is 7.40. The van der Waals surface area contributed by atoms with Crippen LogP contribution in [0.4, 0.5) is 4.39 Å². The Morgan fingerprint density at radius 1 is 1.39 bits per heavy atom. The van der Waals surface area contributed by atoms with Crippen molar-refractivity contribution in [3.63, 3.8) is 0 Å². The maximum absolute atomic E-state index is 13.4. The summed E-state index contributed by atoms with van der Waals surface area (Å²) in [5, 5.41) is 0. The average molecular weight is 316 g/mol. The highest BCUT2D eigenvalue weighted by molar-refractivity contribution is 5.93. The summed E-state index contributed by atoms with van der Waals surface area (Å²) in [6.45, 7) is 2.79. The molecule has 0 bridgehead atoms. The summed E-state index contributed by atoms with van der Waals surface area (Å²) in [6.07, 6.45) is 1.04. The molecule has 1 fully saturated rings. The van der Waals surface area contributed by atoms with Crippen molar-refractivity contribution in [3.05, 3.63) is 69.4 Å². The molecular formula is C17H17FN2O3. The normalized spacial score (nSPS) is 18.0. The lowest BCUT2D eigenvalue weighted by Gasteiger charge is -2.33. The molecule has 2 aromatic rings. The molecule has 1 atom stereocenters. The predicted molar refractivity (Wildman–Crippen MR) is 82.8 cm³/mol. The van der Waals surface area contributed by atoms with Gasteiger partial charge in [0.2, 0.25) is 0 Å². The molecule has 1 saturated heterocycles. The molecule has 0 unspecified atom stereocenters. The zero-order chi connectivity index (χ0) is 16.4. The van der Waals surface area contributed by atoms with Crippen LogP contribution in [0.25, 0.3) is 0 Å². The Balaban J connectivity index is 1.80. The van der Waals surface area contributed by atoms with Gasteiger partial charge in [0.15, 0.2) is 5.43 Å². The number of benzene rings is 1. The molecule has 1 aromatic carbocycles. The molecule has 6 heteroatoms. The van der Waals surface area contributed by atoms with Gasteiger partial charge < -0.3 is 14.6 Å². The second-order valence-electron chi connectivity index (χ2n) is 5.56. The largest absolute Gasteiger partial charge is 0.370 e. The number of aryl methyl sites for hydroxylation is 1. The minimum absolute atomic E-state index is 0.107. The number of carbonyl (C=O) groups excluding carboxylic acids is 1. The molecule has 5 nitrogen and oxygen atoms in total. The van der Waals surface area contributed by atoms with Gasteiger partial charge >= 0.3 is 0 Å². The lowest BCUT2D eigenvalue weighted by Crippen LogP contribution is -2.43. The van der Waals surface area contributed by atoms with Crippen LogP contribution in [0.15, 0.2) is 41.3 Å². The van der Waals surface area contributed by atoms with Crippen molar-refractivity contribution in [2.45, 2.75) is 13.0 Å². The Kier molecular flexibility index (Phi) is 4.25. The molecule has 1 aliphatic rings. The van der Waals surface area contributed by atoms with Crippen LogP contribution >= 0.6 is 0 Å². The van der Waals surface area contributed by atoms with Gasteiger partial charge in [-0.05, 0) is 24.6 Å². The number of halogens is 1. The molecule has 0 radical (unpaired) electrons. The smallest absolute Gasteiger partial charge is 0.259 e. The Bertz CT molecular complexity index is 787. The summed E-state index contributed by atoms with van der Waals surface area (Å²) >= 11 is 0. The van der Waals surface area contributed by atoms with E-state index in [1.807, 2.05) is 0 Å². The molecule has 0 saturated carbocycles. The van der Waals surface area contributed by atoms with Gasteiger partial charge in [0.25, 0.3) is 5.91 Å². The molecule has 0 spiro atoms. The van der Waals surface area contributed by atoms with Gasteiger partial charge in [0.1, 0.15) is 17.5 Å². The molecule has 1 aromatic heterocycles.